The van der Waals surface area contributed by atoms with Crippen molar-refractivity contribution in [1.82, 2.24) is 10.3 Å². The van der Waals surface area contributed by atoms with Crippen LogP contribution >= 0.6 is 27.3 Å². The predicted molar refractivity (Wildman–Crippen MR) is 76.8 cm³/mol. The molecule has 0 radical (unpaired) electrons. The summed E-state index contributed by atoms with van der Waals surface area (Å²) in [6.07, 6.45) is 0.0244. The molecule has 0 spiro atoms. The Labute approximate surface area is 122 Å². The highest BCUT2D eigenvalue weighted by atomic mass is 79.9. The number of halogens is 2. The van der Waals surface area contributed by atoms with Gasteiger partial charge in [-0.2, -0.15) is 0 Å². The topological polar surface area (TPSA) is 34.1 Å². The van der Waals surface area contributed by atoms with Crippen LogP contribution in [0.3, 0.4) is 0 Å². The normalized spacial score (nSPS) is 19.6. The molecule has 0 aliphatic carbocycles. The van der Waals surface area contributed by atoms with Gasteiger partial charge in [0.05, 0.1) is 16.8 Å². The van der Waals surface area contributed by atoms with Gasteiger partial charge in [0, 0.05) is 24.0 Å². The van der Waals surface area contributed by atoms with Crippen molar-refractivity contribution >= 4 is 27.3 Å². The fraction of sp³-hybridized carbons (Fsp3) is 0.308. The lowest BCUT2D eigenvalue weighted by atomic mass is 10.2. The zero-order valence-electron chi connectivity index (χ0n) is 10.0. The summed E-state index contributed by atoms with van der Waals surface area (Å²) in [6, 6.07) is 4.92. The molecule has 2 aromatic rings. The van der Waals surface area contributed by atoms with Gasteiger partial charge in [0.25, 0.3) is 0 Å². The van der Waals surface area contributed by atoms with E-state index in [-0.39, 0.29) is 11.9 Å². The largest absolute Gasteiger partial charge is 0.368 e. The molecule has 3 rings (SSSR count). The van der Waals surface area contributed by atoms with Gasteiger partial charge in [0.1, 0.15) is 16.9 Å². The van der Waals surface area contributed by atoms with Crippen molar-refractivity contribution in [3.63, 3.8) is 0 Å². The third-order valence-electron chi connectivity index (χ3n) is 2.94. The zero-order chi connectivity index (χ0) is 13.2. The summed E-state index contributed by atoms with van der Waals surface area (Å²) >= 11 is 4.77. The molecule has 1 aliphatic heterocycles. The van der Waals surface area contributed by atoms with Crippen molar-refractivity contribution < 1.29 is 9.13 Å². The standard InChI is InChI=1S/C13H12BrFN2OS/c14-9-5-8(1-2-10(9)15)11-7-19-13(17-11)12-6-16-3-4-18-12/h1-2,5,7,12,16H,3-4,6H2. The van der Waals surface area contributed by atoms with Gasteiger partial charge in [0.2, 0.25) is 0 Å². The van der Waals surface area contributed by atoms with Crippen LogP contribution in [-0.4, -0.2) is 24.7 Å². The van der Waals surface area contributed by atoms with Crippen LogP contribution in [0.1, 0.15) is 11.1 Å². The van der Waals surface area contributed by atoms with Crippen molar-refractivity contribution in [1.29, 1.82) is 0 Å². The van der Waals surface area contributed by atoms with Gasteiger partial charge in [0.15, 0.2) is 0 Å². The summed E-state index contributed by atoms with van der Waals surface area (Å²) < 4.78 is 19.3. The molecule has 19 heavy (non-hydrogen) atoms. The molecule has 6 heteroatoms. The van der Waals surface area contributed by atoms with Crippen molar-refractivity contribution in [2.24, 2.45) is 0 Å². The maximum absolute atomic E-state index is 13.2. The van der Waals surface area contributed by atoms with Crippen LogP contribution in [0, 0.1) is 5.82 Å². The van der Waals surface area contributed by atoms with Crippen LogP contribution in [0.5, 0.6) is 0 Å². The van der Waals surface area contributed by atoms with E-state index in [0.717, 1.165) is 29.4 Å². The average molecular weight is 343 g/mol. The number of ether oxygens (including phenoxy) is 1. The fourth-order valence-electron chi connectivity index (χ4n) is 1.95. The monoisotopic (exact) mass is 342 g/mol. The van der Waals surface area contributed by atoms with Gasteiger partial charge < -0.3 is 10.1 Å². The highest BCUT2D eigenvalue weighted by Gasteiger charge is 2.19. The van der Waals surface area contributed by atoms with Gasteiger partial charge in [-0.1, -0.05) is 0 Å². The van der Waals surface area contributed by atoms with Crippen molar-refractivity contribution in [2.45, 2.75) is 6.10 Å². The number of benzene rings is 1. The quantitative estimate of drug-likeness (QED) is 0.908. The summed E-state index contributed by atoms with van der Waals surface area (Å²) in [5.74, 6) is -0.265. The lowest BCUT2D eigenvalue weighted by Crippen LogP contribution is -2.33. The van der Waals surface area contributed by atoms with Gasteiger partial charge in [-0.05, 0) is 34.1 Å². The molecule has 2 heterocycles. The van der Waals surface area contributed by atoms with E-state index in [0.29, 0.717) is 11.1 Å². The second-order valence-corrected chi connectivity index (χ2v) is 6.01. The minimum atomic E-state index is -0.265. The Morgan fingerprint density at radius 1 is 1.47 bits per heavy atom. The van der Waals surface area contributed by atoms with Gasteiger partial charge >= 0.3 is 0 Å². The summed E-state index contributed by atoms with van der Waals surface area (Å²) in [6.45, 7) is 2.39. The van der Waals surface area contributed by atoms with E-state index in [2.05, 4.69) is 26.2 Å². The first-order chi connectivity index (χ1) is 9.24. The summed E-state index contributed by atoms with van der Waals surface area (Å²) in [7, 11) is 0. The minimum Gasteiger partial charge on any atom is -0.368 e. The van der Waals surface area contributed by atoms with Crippen LogP contribution in [0.25, 0.3) is 11.3 Å². The number of thiazole rings is 1. The van der Waals surface area contributed by atoms with E-state index < -0.39 is 0 Å². The minimum absolute atomic E-state index is 0.0244. The van der Waals surface area contributed by atoms with Crippen LogP contribution in [0.2, 0.25) is 0 Å². The fourth-order valence-corrected chi connectivity index (χ4v) is 3.20. The van der Waals surface area contributed by atoms with E-state index in [1.54, 1.807) is 23.5 Å². The van der Waals surface area contributed by atoms with Gasteiger partial charge in [-0.15, -0.1) is 11.3 Å². The number of hydrogen-bond acceptors (Lipinski definition) is 4. The van der Waals surface area contributed by atoms with Crippen molar-refractivity contribution in [3.8, 4) is 11.3 Å². The summed E-state index contributed by atoms with van der Waals surface area (Å²) in [5, 5.41) is 6.22. The van der Waals surface area contributed by atoms with E-state index in [1.807, 2.05) is 5.38 Å². The third-order valence-corrected chi connectivity index (χ3v) is 4.48. The maximum atomic E-state index is 13.2. The molecular formula is C13H12BrFN2OS. The molecule has 1 aromatic carbocycles. The molecule has 1 N–H and O–H groups in total. The molecule has 1 aliphatic rings. The molecule has 3 nitrogen and oxygen atoms in total. The number of nitrogens with zero attached hydrogens (tertiary/aromatic N) is 1. The van der Waals surface area contributed by atoms with Gasteiger partial charge in [-0.3, -0.25) is 0 Å². The van der Waals surface area contributed by atoms with E-state index >= 15 is 0 Å². The molecule has 0 saturated carbocycles. The third kappa shape index (κ3) is 2.86. The Morgan fingerprint density at radius 3 is 3.11 bits per heavy atom. The molecule has 0 amide bonds. The Morgan fingerprint density at radius 2 is 2.37 bits per heavy atom. The SMILES string of the molecule is Fc1ccc(-c2csc(C3CNCCO3)n2)cc1Br. The zero-order valence-corrected chi connectivity index (χ0v) is 12.4. The predicted octanol–water partition coefficient (Wildman–Crippen LogP) is 3.37. The number of rotatable bonds is 2. The Kier molecular flexibility index (Phi) is 3.93. The molecular weight excluding hydrogens is 331 g/mol. The second-order valence-electron chi connectivity index (χ2n) is 4.26. The van der Waals surface area contributed by atoms with Crippen molar-refractivity contribution in [2.75, 3.05) is 19.7 Å². The Balaban J connectivity index is 1.85. The molecule has 1 fully saturated rings. The van der Waals surface area contributed by atoms with Crippen LogP contribution in [0.4, 0.5) is 4.39 Å². The first kappa shape index (κ1) is 13.2. The molecule has 1 saturated heterocycles. The highest BCUT2D eigenvalue weighted by molar-refractivity contribution is 9.10. The first-order valence-electron chi connectivity index (χ1n) is 5.97. The molecule has 100 valence electrons. The number of aromatic nitrogens is 1. The van der Waals surface area contributed by atoms with E-state index in [1.165, 1.54) is 6.07 Å². The van der Waals surface area contributed by atoms with E-state index in [4.69, 9.17) is 4.74 Å². The Hall–Kier alpha value is -0.820. The maximum Gasteiger partial charge on any atom is 0.137 e. The molecule has 1 atom stereocenters. The van der Waals surface area contributed by atoms with Crippen LogP contribution in [-0.2, 0) is 4.74 Å². The lowest BCUT2D eigenvalue weighted by molar-refractivity contribution is 0.0276. The van der Waals surface area contributed by atoms with Crippen LogP contribution < -0.4 is 5.32 Å². The smallest absolute Gasteiger partial charge is 0.137 e. The number of nitrogens with one attached hydrogen (secondary N) is 1. The summed E-state index contributed by atoms with van der Waals surface area (Å²) in [4.78, 5) is 4.59. The number of morpholine rings is 1. The van der Waals surface area contributed by atoms with E-state index in [9.17, 15) is 4.39 Å². The van der Waals surface area contributed by atoms with Crippen LogP contribution in [0.15, 0.2) is 28.1 Å². The Bertz CT molecular complexity index is 584. The molecule has 0 bridgehead atoms. The van der Waals surface area contributed by atoms with Gasteiger partial charge in [-0.25, -0.2) is 9.37 Å². The first-order valence-corrected chi connectivity index (χ1v) is 7.64. The number of hydrogen-bond donors (Lipinski definition) is 1. The van der Waals surface area contributed by atoms with Crippen molar-refractivity contribution in [3.05, 3.63) is 38.9 Å². The lowest BCUT2D eigenvalue weighted by Gasteiger charge is -2.21. The highest BCUT2D eigenvalue weighted by Crippen LogP contribution is 2.29. The summed E-state index contributed by atoms with van der Waals surface area (Å²) in [5.41, 5.74) is 1.76. The molecule has 1 aromatic heterocycles. The second kappa shape index (κ2) is 5.66. The average Bonchev–Trinajstić information content (AvgIpc) is 2.93. The molecule has 1 unspecified atom stereocenters.